The van der Waals surface area contributed by atoms with E-state index in [-0.39, 0.29) is 5.41 Å². The molecule has 2 aromatic rings. The zero-order valence-corrected chi connectivity index (χ0v) is 11.6. The standard InChI is InChI=1S/C16H22N2/c1-11-14(16(2,3)10-17)13-8-4-6-12-7-5-9-18(11)15(12)13/h4,6,8H,5,7,9-10,17H2,1-3H3. The van der Waals surface area contributed by atoms with E-state index in [1.54, 1.807) is 0 Å². The third-order valence-corrected chi connectivity index (χ3v) is 4.44. The van der Waals surface area contributed by atoms with Crippen LogP contribution in [0, 0.1) is 6.92 Å². The molecule has 0 saturated carbocycles. The Bertz CT molecular complexity index is 605. The van der Waals surface area contributed by atoms with Crippen LogP contribution in [0.15, 0.2) is 18.2 Å². The fraction of sp³-hybridized carbons (Fsp3) is 0.500. The summed E-state index contributed by atoms with van der Waals surface area (Å²) in [5.74, 6) is 0. The molecule has 3 rings (SSSR count). The molecule has 1 aromatic heterocycles. The van der Waals surface area contributed by atoms with Gasteiger partial charge in [-0.3, -0.25) is 0 Å². The summed E-state index contributed by atoms with van der Waals surface area (Å²) < 4.78 is 2.50. The highest BCUT2D eigenvalue weighted by molar-refractivity contribution is 5.89. The molecule has 2 N–H and O–H groups in total. The Balaban J connectivity index is 2.41. The molecule has 0 aliphatic carbocycles. The van der Waals surface area contributed by atoms with Crippen molar-refractivity contribution in [1.82, 2.24) is 4.57 Å². The molecular weight excluding hydrogens is 220 g/mol. The Morgan fingerprint density at radius 2 is 2.11 bits per heavy atom. The molecule has 2 nitrogen and oxygen atoms in total. The average molecular weight is 242 g/mol. The Morgan fingerprint density at radius 1 is 1.33 bits per heavy atom. The highest BCUT2D eigenvalue weighted by atomic mass is 15.0. The van der Waals surface area contributed by atoms with Crippen molar-refractivity contribution in [2.45, 2.75) is 45.6 Å². The van der Waals surface area contributed by atoms with Crippen LogP contribution in [0.5, 0.6) is 0 Å². The molecule has 0 amide bonds. The number of nitrogens with two attached hydrogens (primary N) is 1. The lowest BCUT2D eigenvalue weighted by atomic mass is 9.82. The first-order valence-electron chi connectivity index (χ1n) is 6.87. The van der Waals surface area contributed by atoms with Crippen LogP contribution in [0.2, 0.25) is 0 Å². The lowest BCUT2D eigenvalue weighted by molar-refractivity contribution is 0.532. The van der Waals surface area contributed by atoms with Crippen molar-refractivity contribution in [3.8, 4) is 0 Å². The molecule has 1 aliphatic rings. The van der Waals surface area contributed by atoms with Crippen LogP contribution in [0.3, 0.4) is 0 Å². The normalized spacial score (nSPS) is 15.3. The Hall–Kier alpha value is -1.28. The minimum absolute atomic E-state index is 0.0521. The van der Waals surface area contributed by atoms with Crippen LogP contribution in [0.25, 0.3) is 10.9 Å². The molecule has 2 heteroatoms. The van der Waals surface area contributed by atoms with Gasteiger partial charge < -0.3 is 10.3 Å². The summed E-state index contributed by atoms with van der Waals surface area (Å²) in [6, 6.07) is 6.74. The smallest absolute Gasteiger partial charge is 0.0518 e. The van der Waals surface area contributed by atoms with Crippen LogP contribution < -0.4 is 5.73 Å². The molecule has 1 aliphatic heterocycles. The lowest BCUT2D eigenvalue weighted by Crippen LogP contribution is -2.28. The van der Waals surface area contributed by atoms with Crippen molar-refractivity contribution in [2.75, 3.05) is 6.54 Å². The summed E-state index contributed by atoms with van der Waals surface area (Å²) >= 11 is 0. The SMILES string of the molecule is Cc1c(C(C)(C)CN)c2cccc3c2n1CCC3. The molecule has 2 heterocycles. The second-order valence-electron chi connectivity index (χ2n) is 6.12. The zero-order chi connectivity index (χ0) is 12.9. The Labute approximate surface area is 109 Å². The van der Waals surface area contributed by atoms with Crippen LogP contribution in [0.1, 0.15) is 37.1 Å². The maximum atomic E-state index is 5.99. The molecule has 0 saturated heterocycles. The van der Waals surface area contributed by atoms with E-state index in [1.165, 1.54) is 40.6 Å². The molecule has 0 radical (unpaired) electrons. The summed E-state index contributed by atoms with van der Waals surface area (Å²) in [5.41, 5.74) is 11.9. The first-order chi connectivity index (χ1) is 8.56. The van der Waals surface area contributed by atoms with E-state index in [0.717, 1.165) is 6.54 Å². The van der Waals surface area contributed by atoms with Gasteiger partial charge in [0.25, 0.3) is 0 Å². The lowest BCUT2D eigenvalue weighted by Gasteiger charge is -2.23. The van der Waals surface area contributed by atoms with Crippen molar-refractivity contribution in [3.63, 3.8) is 0 Å². The predicted octanol–water partition coefficient (Wildman–Crippen LogP) is 3.13. The molecule has 0 spiro atoms. The van der Waals surface area contributed by atoms with Gasteiger partial charge in [-0.05, 0) is 30.9 Å². The molecule has 96 valence electrons. The zero-order valence-electron chi connectivity index (χ0n) is 11.6. The summed E-state index contributed by atoms with van der Waals surface area (Å²) in [6.07, 6.45) is 2.47. The number of benzene rings is 1. The van der Waals surface area contributed by atoms with Gasteiger partial charge in [-0.1, -0.05) is 32.0 Å². The maximum Gasteiger partial charge on any atom is 0.0518 e. The van der Waals surface area contributed by atoms with Gasteiger partial charge in [0.2, 0.25) is 0 Å². The van der Waals surface area contributed by atoms with Gasteiger partial charge in [0, 0.05) is 29.6 Å². The van der Waals surface area contributed by atoms with Crippen molar-refractivity contribution < 1.29 is 0 Å². The second-order valence-corrected chi connectivity index (χ2v) is 6.12. The van der Waals surface area contributed by atoms with Crippen molar-refractivity contribution in [1.29, 1.82) is 0 Å². The number of hydrogen-bond donors (Lipinski definition) is 1. The number of para-hydroxylation sites is 1. The van der Waals surface area contributed by atoms with Gasteiger partial charge in [-0.15, -0.1) is 0 Å². The maximum absolute atomic E-state index is 5.99. The van der Waals surface area contributed by atoms with E-state index in [9.17, 15) is 0 Å². The third kappa shape index (κ3) is 1.45. The topological polar surface area (TPSA) is 30.9 Å². The quantitative estimate of drug-likeness (QED) is 0.861. The molecule has 18 heavy (non-hydrogen) atoms. The summed E-state index contributed by atoms with van der Waals surface area (Å²) in [7, 11) is 0. The number of aromatic nitrogens is 1. The Kier molecular flexibility index (Phi) is 2.53. The minimum atomic E-state index is 0.0521. The van der Waals surface area contributed by atoms with Gasteiger partial charge in [-0.2, -0.15) is 0 Å². The molecule has 0 atom stereocenters. The Morgan fingerprint density at radius 3 is 2.83 bits per heavy atom. The fourth-order valence-electron chi connectivity index (χ4n) is 3.47. The highest BCUT2D eigenvalue weighted by Crippen LogP contribution is 2.38. The number of aryl methyl sites for hydroxylation is 2. The van der Waals surface area contributed by atoms with Gasteiger partial charge >= 0.3 is 0 Å². The average Bonchev–Trinajstić information content (AvgIpc) is 2.66. The predicted molar refractivity (Wildman–Crippen MR) is 77.1 cm³/mol. The first-order valence-corrected chi connectivity index (χ1v) is 6.87. The van der Waals surface area contributed by atoms with E-state index in [0.29, 0.717) is 6.54 Å². The van der Waals surface area contributed by atoms with Crippen LogP contribution >= 0.6 is 0 Å². The van der Waals surface area contributed by atoms with Gasteiger partial charge in [0.15, 0.2) is 0 Å². The van der Waals surface area contributed by atoms with E-state index < -0.39 is 0 Å². The van der Waals surface area contributed by atoms with Crippen LogP contribution in [-0.4, -0.2) is 11.1 Å². The number of nitrogens with zero attached hydrogens (tertiary/aromatic N) is 1. The summed E-state index contributed by atoms with van der Waals surface area (Å²) in [6.45, 7) is 8.60. The monoisotopic (exact) mass is 242 g/mol. The van der Waals surface area contributed by atoms with Gasteiger partial charge in [-0.25, -0.2) is 0 Å². The molecule has 0 unspecified atom stereocenters. The van der Waals surface area contributed by atoms with Crippen molar-refractivity contribution in [3.05, 3.63) is 35.0 Å². The largest absolute Gasteiger partial charge is 0.344 e. The third-order valence-electron chi connectivity index (χ3n) is 4.44. The van der Waals surface area contributed by atoms with E-state index in [2.05, 4.69) is 43.5 Å². The van der Waals surface area contributed by atoms with Crippen LogP contribution in [-0.2, 0) is 18.4 Å². The first kappa shape index (κ1) is 11.8. The van der Waals surface area contributed by atoms with Gasteiger partial charge in [0.1, 0.15) is 0 Å². The second kappa shape index (κ2) is 3.86. The van der Waals surface area contributed by atoms with Crippen molar-refractivity contribution in [2.24, 2.45) is 5.73 Å². The molecular formula is C16H22N2. The highest BCUT2D eigenvalue weighted by Gasteiger charge is 2.28. The number of rotatable bonds is 2. The minimum Gasteiger partial charge on any atom is -0.344 e. The van der Waals surface area contributed by atoms with Crippen LogP contribution in [0.4, 0.5) is 0 Å². The van der Waals surface area contributed by atoms with Gasteiger partial charge in [0.05, 0.1) is 5.52 Å². The molecule has 1 aromatic carbocycles. The van der Waals surface area contributed by atoms with E-state index in [1.807, 2.05) is 0 Å². The molecule has 0 bridgehead atoms. The fourth-order valence-corrected chi connectivity index (χ4v) is 3.47. The van der Waals surface area contributed by atoms with E-state index in [4.69, 9.17) is 5.73 Å². The number of hydrogen-bond acceptors (Lipinski definition) is 1. The summed E-state index contributed by atoms with van der Waals surface area (Å²) in [5, 5.41) is 1.42. The van der Waals surface area contributed by atoms with Crippen molar-refractivity contribution >= 4 is 10.9 Å². The summed E-state index contributed by atoms with van der Waals surface area (Å²) in [4.78, 5) is 0. The van der Waals surface area contributed by atoms with E-state index >= 15 is 0 Å². The molecule has 0 fully saturated rings.